The largest absolute Gasteiger partial charge is 0.510 e. The molecular formula is C88H64N4OPtSi-2. The van der Waals surface area contributed by atoms with E-state index in [1.165, 1.54) is 59.2 Å². The maximum absolute atomic E-state index is 10.9. The smallest absolute Gasteiger partial charge is 0.268 e. The number of rotatable bonds is 14. The average molecular weight is 1450 g/mol. The van der Waals surface area contributed by atoms with Gasteiger partial charge in [-0.05, 0) is 141 Å². The zero-order chi connectivity index (χ0) is 95.4. The van der Waals surface area contributed by atoms with Gasteiger partial charge < -0.3 is 13.9 Å². The molecule has 16 aromatic rings. The molecule has 0 saturated heterocycles. The van der Waals surface area contributed by atoms with Crippen LogP contribution in [0.15, 0.2) is 333 Å². The molecule has 0 unspecified atom stereocenters. The van der Waals surface area contributed by atoms with Crippen LogP contribution in [-0.4, -0.2) is 22.2 Å². The molecule has 0 bridgehead atoms. The average Bonchev–Trinajstić information content (AvgIpc) is 0.752. The number of pyridine rings is 1. The monoisotopic (exact) mass is 1450 g/mol. The Balaban J connectivity index is 0.0000133. The van der Waals surface area contributed by atoms with Gasteiger partial charge in [-0.3, -0.25) is 4.57 Å². The first-order valence-electron chi connectivity index (χ1n) is 47.6. The summed E-state index contributed by atoms with van der Waals surface area (Å²) >= 11 is 0. The Morgan fingerprint density at radius 1 is 0.442 bits per heavy atom. The van der Waals surface area contributed by atoms with E-state index in [1.54, 1.807) is 12.3 Å². The van der Waals surface area contributed by atoms with Gasteiger partial charge in [0.05, 0.1) is 67.4 Å². The van der Waals surface area contributed by atoms with Crippen molar-refractivity contribution in [3.63, 3.8) is 0 Å². The molecule has 0 aliphatic carbocycles. The molecule has 3 heterocycles. The first-order valence-corrected chi connectivity index (χ1v) is 31.1. The van der Waals surface area contributed by atoms with Gasteiger partial charge in [-0.2, -0.15) is 18.2 Å². The van der Waals surface area contributed by atoms with Crippen LogP contribution in [-0.2, 0) is 26.5 Å². The molecule has 16 rings (SSSR count). The number of nitrogens with zero attached hydrogens (tertiary/aromatic N) is 4. The molecule has 0 saturated carbocycles. The molecule has 0 aliphatic rings. The van der Waals surface area contributed by atoms with Crippen LogP contribution in [0.2, 0.25) is 0 Å². The number of ether oxygens (including phenoxy) is 1. The van der Waals surface area contributed by atoms with Gasteiger partial charge in [0.1, 0.15) is 5.82 Å². The summed E-state index contributed by atoms with van der Waals surface area (Å²) in [7, 11) is -6.50. The molecule has 5 nitrogen and oxygen atoms in total. The summed E-state index contributed by atoms with van der Waals surface area (Å²) in [6.07, 6.45) is 4.95. The standard InChI is InChI=1S/C88H64N4OSi.Pt/c1-88(2,3)70-51-52-89-86(58-70)92-82-46-23-22-43-80(82)81-49-48-73(60-84(81)92)93-72-35-25-34-71(59-72)90-61-91(87-78(64-31-14-6-15-32-64)44-26-45-79(87)69-54-67(62-27-10-4-11-28-62)53-68(55-69)63-29-12-5-13-30-63)83-50-47-66(57-85(83)90)65-33-24-42-77(56-65)94(74-36-16-7-17-37-74,75-38-18-8-19-39-75)76-40-20-9-21-41-76;/h4-58H,1-3H3;/q-2;/i4D,5D,6D,7D,8D,9D,10D,11D,12D,13D,14D,15D,16D,17D,18D,19D,20D,21D,24D,27D,28D,29D,30D,31D,32D,33D,36D,37D,38D,39D,40D,41D,42D,53D,54D,55D,56D;. The van der Waals surface area contributed by atoms with E-state index in [9.17, 15) is 34.3 Å². The third-order valence-electron chi connectivity index (χ3n) is 15.7. The van der Waals surface area contributed by atoms with Crippen molar-refractivity contribution in [3.05, 3.63) is 357 Å². The van der Waals surface area contributed by atoms with Crippen LogP contribution in [0, 0.1) is 18.5 Å². The molecule has 3 aromatic heterocycles. The van der Waals surface area contributed by atoms with Crippen LogP contribution in [0.4, 0.5) is 0 Å². The van der Waals surface area contributed by atoms with Crippen LogP contribution < -0.4 is 30.1 Å². The van der Waals surface area contributed by atoms with Gasteiger partial charge in [0.15, 0.2) is 8.07 Å². The third-order valence-corrected chi connectivity index (χ3v) is 19.7. The van der Waals surface area contributed by atoms with Crippen LogP contribution in [0.1, 0.15) is 77.1 Å². The minimum Gasteiger partial charge on any atom is -0.510 e. The van der Waals surface area contributed by atoms with Crippen molar-refractivity contribution in [2.24, 2.45) is 0 Å². The van der Waals surface area contributed by atoms with E-state index in [2.05, 4.69) is 39.2 Å². The summed E-state index contributed by atoms with van der Waals surface area (Å²) in [5.74, 6) is 0.561. The van der Waals surface area contributed by atoms with Gasteiger partial charge in [-0.1, -0.05) is 280 Å². The number of benzene rings is 13. The second-order valence-electron chi connectivity index (χ2n) is 22.3. The van der Waals surface area contributed by atoms with Gasteiger partial charge in [0, 0.05) is 44.3 Å². The molecule has 0 aliphatic heterocycles. The molecule has 458 valence electrons. The van der Waals surface area contributed by atoms with Crippen LogP contribution in [0.25, 0.3) is 106 Å². The molecule has 0 amide bonds. The zero-order valence-corrected chi connectivity index (χ0v) is 53.2. The fraction of sp³-hybridized carbons (Fsp3) is 0.0455. The van der Waals surface area contributed by atoms with Crippen molar-refractivity contribution in [1.82, 2.24) is 14.1 Å². The predicted molar refractivity (Wildman–Crippen MR) is 389 cm³/mol. The van der Waals surface area contributed by atoms with Crippen molar-refractivity contribution < 1.29 is 81.1 Å². The Morgan fingerprint density at radius 2 is 0.989 bits per heavy atom. The van der Waals surface area contributed by atoms with Crippen molar-refractivity contribution in [2.45, 2.75) is 26.2 Å². The van der Waals surface area contributed by atoms with E-state index < -0.39 is 314 Å². The molecule has 95 heavy (non-hydrogen) atoms. The summed E-state index contributed by atoms with van der Waals surface area (Å²) in [5.41, 5.74) is -6.02. The van der Waals surface area contributed by atoms with Crippen molar-refractivity contribution in [2.75, 3.05) is 0 Å². The predicted octanol–water partition coefficient (Wildman–Crippen LogP) is 18.6. The van der Waals surface area contributed by atoms with Gasteiger partial charge in [0.25, 0.3) is 6.33 Å². The minimum absolute atomic E-state index is 0. The van der Waals surface area contributed by atoms with E-state index in [0.717, 1.165) is 26.4 Å². The minimum atomic E-state index is -6.50. The second kappa shape index (κ2) is 25.5. The Morgan fingerprint density at radius 3 is 1.62 bits per heavy atom. The van der Waals surface area contributed by atoms with Crippen molar-refractivity contribution >= 4 is 61.7 Å². The second-order valence-corrected chi connectivity index (χ2v) is 25.8. The van der Waals surface area contributed by atoms with Gasteiger partial charge >= 0.3 is 0 Å². The van der Waals surface area contributed by atoms with E-state index in [-0.39, 0.29) is 54.7 Å². The van der Waals surface area contributed by atoms with Crippen molar-refractivity contribution in [3.8, 4) is 84.3 Å². The maximum atomic E-state index is 10.9. The number of hydrogen-bond acceptors (Lipinski definition) is 2. The Kier molecular flexibility index (Phi) is 8.51. The van der Waals surface area contributed by atoms with E-state index in [4.69, 9.17) is 26.2 Å². The van der Waals surface area contributed by atoms with E-state index in [1.807, 2.05) is 47.0 Å². The number of hydrogen-bond donors (Lipinski definition) is 0. The third kappa shape index (κ3) is 11.2. The summed E-state index contributed by atoms with van der Waals surface area (Å²) in [6, 6.07) is -7.12. The fourth-order valence-corrected chi connectivity index (χ4v) is 15.0. The molecule has 0 atom stereocenters. The summed E-state index contributed by atoms with van der Waals surface area (Å²) in [6.45, 7) is 6.17. The molecule has 13 aromatic carbocycles. The maximum Gasteiger partial charge on any atom is 0.268 e. The van der Waals surface area contributed by atoms with Gasteiger partial charge in [-0.15, -0.1) is 29.7 Å². The molecule has 0 spiro atoms. The Hall–Kier alpha value is -11.0. The molecule has 7 heteroatoms. The molecule has 0 N–H and O–H groups in total. The Bertz CT molecular complexity index is 7360. The summed E-state index contributed by atoms with van der Waals surface area (Å²) in [4.78, 5) is 4.80. The van der Waals surface area contributed by atoms with E-state index in [0.29, 0.717) is 11.3 Å². The van der Waals surface area contributed by atoms with Crippen molar-refractivity contribution in [1.29, 1.82) is 0 Å². The summed E-state index contributed by atoms with van der Waals surface area (Å²) in [5, 5.41) is -2.95. The Labute approximate surface area is 622 Å². The SMILES string of the molecule is [2H]c1c([2H])c([2H])c(-c2cccc(-c3c([2H])c(-c4c([2H])c([2H])c([2H])c([2H])c4[2H])c([2H])c(-c4c([2H])c([2H])c([2H])c([2H])c4[2H])c3[2H])c2-[n+]2[c-]n(-c3[c-]c(Oc4[c-]c5c(cc4)c4ccccc4n5-c4cc(C(C)(C)C)ccn4)ccc3)c3cc(-c4c([2H])c([2H])c([2H])c([Si](c5c([2H])c([2H])c([2H])c([2H])c5[2H])(c5c([2H])c([2H])c([2H])c([2H])c5[2H])c5c([2H])c([2H])c([2H])c([2H])c5[2H])c4[2H])ccc32)c([2H])c1[2H].[Pt]. The first-order chi connectivity index (χ1) is 61.6. The zero-order valence-electron chi connectivity index (χ0n) is 86.9. The van der Waals surface area contributed by atoms with Gasteiger partial charge in [-0.25, -0.2) is 4.98 Å². The van der Waals surface area contributed by atoms with Crippen LogP contribution in [0.3, 0.4) is 0 Å². The molecule has 0 radical (unpaired) electrons. The number of imidazole rings is 1. The number of para-hydroxylation sites is 2. The van der Waals surface area contributed by atoms with Crippen LogP contribution >= 0.6 is 0 Å². The van der Waals surface area contributed by atoms with Crippen LogP contribution in [0.5, 0.6) is 11.5 Å². The fourth-order valence-electron chi connectivity index (χ4n) is 11.4. The normalized spacial score (nSPS) is 17.1. The van der Waals surface area contributed by atoms with Gasteiger partial charge in [0.2, 0.25) is 0 Å². The summed E-state index contributed by atoms with van der Waals surface area (Å²) < 4.78 is 360. The molecular weight excluding hydrogens is 1350 g/mol. The number of fused-ring (bicyclic) bond motifs is 4. The quantitative estimate of drug-likeness (QED) is 0.0471. The molecule has 0 fully saturated rings. The topological polar surface area (TPSA) is 35.9 Å². The first kappa shape index (κ1) is 31.7. The van der Waals surface area contributed by atoms with E-state index >= 15 is 0 Å². The number of aromatic nitrogens is 4.